The monoisotopic (exact) mass is 293 g/mol. The van der Waals surface area contributed by atoms with E-state index in [1.807, 2.05) is 31.2 Å². The quantitative estimate of drug-likeness (QED) is 0.797. The van der Waals surface area contributed by atoms with Gasteiger partial charge in [0.05, 0.1) is 6.61 Å². The molecule has 3 amide bonds. The Balaban J connectivity index is 2.29. The van der Waals surface area contributed by atoms with Gasteiger partial charge in [0.2, 0.25) is 5.91 Å². The van der Waals surface area contributed by atoms with Crippen molar-refractivity contribution in [1.29, 1.82) is 0 Å². The molecule has 0 fully saturated rings. The van der Waals surface area contributed by atoms with Gasteiger partial charge >= 0.3 is 6.03 Å². The van der Waals surface area contributed by atoms with E-state index in [2.05, 4.69) is 10.6 Å². The molecule has 21 heavy (non-hydrogen) atoms. The van der Waals surface area contributed by atoms with Crippen LogP contribution in [-0.4, -0.2) is 44.1 Å². The zero-order valence-corrected chi connectivity index (χ0v) is 12.8. The first-order valence-corrected chi connectivity index (χ1v) is 6.96. The molecule has 1 aromatic carbocycles. The lowest BCUT2D eigenvalue weighted by atomic mass is 10.2. The van der Waals surface area contributed by atoms with Crippen molar-refractivity contribution in [3.8, 4) is 5.75 Å². The molecule has 0 aliphatic carbocycles. The summed E-state index contributed by atoms with van der Waals surface area (Å²) >= 11 is 0. The molecule has 0 spiro atoms. The number of rotatable bonds is 7. The molecule has 0 bridgehead atoms. The molecule has 0 radical (unpaired) electrons. The molecule has 0 saturated carbocycles. The third kappa shape index (κ3) is 6.65. The van der Waals surface area contributed by atoms with Gasteiger partial charge in [-0.15, -0.1) is 0 Å². The normalized spacial score (nSPS) is 9.86. The number of carbonyl (C=O) groups excluding carboxylic acids is 2. The maximum absolute atomic E-state index is 11.6. The van der Waals surface area contributed by atoms with Crippen molar-refractivity contribution in [3.63, 3.8) is 0 Å². The van der Waals surface area contributed by atoms with Crippen LogP contribution in [0.25, 0.3) is 0 Å². The molecule has 0 saturated heterocycles. The smallest absolute Gasteiger partial charge is 0.315 e. The van der Waals surface area contributed by atoms with Crippen LogP contribution in [0.5, 0.6) is 5.75 Å². The molecular formula is C15H23N3O3. The van der Waals surface area contributed by atoms with Crippen LogP contribution >= 0.6 is 0 Å². The van der Waals surface area contributed by atoms with Gasteiger partial charge < -0.3 is 20.3 Å². The van der Waals surface area contributed by atoms with Crippen molar-refractivity contribution >= 4 is 11.9 Å². The molecule has 0 aromatic heterocycles. The summed E-state index contributed by atoms with van der Waals surface area (Å²) in [7, 11) is 3.38. The van der Waals surface area contributed by atoms with Crippen LogP contribution in [0.3, 0.4) is 0 Å². The standard InChI is InChI=1S/C15H23N3O3/c1-4-21-13-7-5-6-12(10-13)11-17-15(20)16-9-8-14(19)18(2)3/h5-7,10H,4,8-9,11H2,1-3H3,(H2,16,17,20). The van der Waals surface area contributed by atoms with Gasteiger partial charge in [-0.2, -0.15) is 0 Å². The predicted octanol–water partition coefficient (Wildman–Crippen LogP) is 1.36. The average Bonchev–Trinajstić information content (AvgIpc) is 2.45. The fourth-order valence-electron chi connectivity index (χ4n) is 1.66. The van der Waals surface area contributed by atoms with Crippen molar-refractivity contribution in [3.05, 3.63) is 29.8 Å². The molecule has 116 valence electrons. The van der Waals surface area contributed by atoms with E-state index >= 15 is 0 Å². The predicted molar refractivity (Wildman–Crippen MR) is 81.2 cm³/mol. The summed E-state index contributed by atoms with van der Waals surface area (Å²) in [4.78, 5) is 24.4. The molecule has 0 aliphatic heterocycles. The Morgan fingerprint density at radius 2 is 2.00 bits per heavy atom. The van der Waals surface area contributed by atoms with E-state index in [4.69, 9.17) is 4.74 Å². The fourth-order valence-corrected chi connectivity index (χ4v) is 1.66. The summed E-state index contributed by atoms with van der Waals surface area (Å²) in [5.74, 6) is 0.772. The Kier molecular flexibility index (Phi) is 7.08. The Hall–Kier alpha value is -2.24. The van der Waals surface area contributed by atoms with Gasteiger partial charge in [-0.25, -0.2) is 4.79 Å². The molecular weight excluding hydrogens is 270 g/mol. The topological polar surface area (TPSA) is 70.7 Å². The lowest BCUT2D eigenvalue weighted by Crippen LogP contribution is -2.37. The number of hydrogen-bond donors (Lipinski definition) is 2. The van der Waals surface area contributed by atoms with Crippen LogP contribution in [0.4, 0.5) is 4.79 Å². The molecule has 1 rings (SSSR count). The van der Waals surface area contributed by atoms with Crippen LogP contribution in [-0.2, 0) is 11.3 Å². The third-order valence-corrected chi connectivity index (χ3v) is 2.79. The summed E-state index contributed by atoms with van der Waals surface area (Å²) in [6.07, 6.45) is 0.292. The number of ether oxygens (including phenoxy) is 1. The Morgan fingerprint density at radius 3 is 2.67 bits per heavy atom. The molecule has 1 aromatic rings. The third-order valence-electron chi connectivity index (χ3n) is 2.79. The SMILES string of the molecule is CCOc1cccc(CNC(=O)NCCC(=O)N(C)C)c1. The second-order valence-corrected chi connectivity index (χ2v) is 4.73. The van der Waals surface area contributed by atoms with Crippen molar-refractivity contribution in [2.75, 3.05) is 27.2 Å². The molecule has 6 nitrogen and oxygen atoms in total. The van der Waals surface area contributed by atoms with E-state index in [9.17, 15) is 9.59 Å². The summed E-state index contributed by atoms with van der Waals surface area (Å²) in [5.41, 5.74) is 0.959. The number of hydrogen-bond acceptors (Lipinski definition) is 3. The van der Waals surface area contributed by atoms with E-state index in [-0.39, 0.29) is 11.9 Å². The molecule has 0 atom stereocenters. The first kappa shape index (κ1) is 16.8. The first-order chi connectivity index (χ1) is 10.0. The second kappa shape index (κ2) is 8.84. The fraction of sp³-hybridized carbons (Fsp3) is 0.467. The number of amides is 3. The van der Waals surface area contributed by atoms with Crippen molar-refractivity contribution < 1.29 is 14.3 Å². The average molecular weight is 293 g/mol. The highest BCUT2D eigenvalue weighted by Gasteiger charge is 2.05. The van der Waals surface area contributed by atoms with Gasteiger partial charge in [-0.3, -0.25) is 4.79 Å². The molecule has 2 N–H and O–H groups in total. The van der Waals surface area contributed by atoms with Crippen LogP contribution < -0.4 is 15.4 Å². The second-order valence-electron chi connectivity index (χ2n) is 4.73. The van der Waals surface area contributed by atoms with E-state index in [1.54, 1.807) is 14.1 Å². The van der Waals surface area contributed by atoms with E-state index in [0.29, 0.717) is 26.1 Å². The minimum absolute atomic E-state index is 0.0142. The van der Waals surface area contributed by atoms with Crippen molar-refractivity contribution in [1.82, 2.24) is 15.5 Å². The minimum Gasteiger partial charge on any atom is -0.494 e. The van der Waals surface area contributed by atoms with Crippen molar-refractivity contribution in [2.45, 2.75) is 19.9 Å². The highest BCUT2D eigenvalue weighted by Crippen LogP contribution is 2.12. The van der Waals surface area contributed by atoms with Crippen LogP contribution in [0.15, 0.2) is 24.3 Å². The first-order valence-electron chi connectivity index (χ1n) is 6.96. The molecule has 0 heterocycles. The highest BCUT2D eigenvalue weighted by molar-refractivity contribution is 5.77. The molecule has 0 unspecified atom stereocenters. The number of nitrogens with zero attached hydrogens (tertiary/aromatic N) is 1. The summed E-state index contributed by atoms with van der Waals surface area (Å²) in [6.45, 7) is 3.26. The maximum Gasteiger partial charge on any atom is 0.315 e. The van der Waals surface area contributed by atoms with Crippen LogP contribution in [0.1, 0.15) is 18.9 Å². The zero-order chi connectivity index (χ0) is 15.7. The van der Waals surface area contributed by atoms with E-state index in [0.717, 1.165) is 11.3 Å². The van der Waals surface area contributed by atoms with Crippen LogP contribution in [0.2, 0.25) is 0 Å². The Bertz CT molecular complexity index is 475. The largest absolute Gasteiger partial charge is 0.494 e. The Labute approximate surface area is 125 Å². The van der Waals surface area contributed by atoms with Gasteiger partial charge in [-0.1, -0.05) is 12.1 Å². The summed E-state index contributed by atoms with van der Waals surface area (Å²) < 4.78 is 5.40. The maximum atomic E-state index is 11.6. The van der Waals surface area contributed by atoms with Gasteiger partial charge in [0.1, 0.15) is 5.75 Å². The van der Waals surface area contributed by atoms with E-state index in [1.165, 1.54) is 4.90 Å². The number of nitrogens with one attached hydrogen (secondary N) is 2. The lowest BCUT2D eigenvalue weighted by Gasteiger charge is -2.11. The van der Waals surface area contributed by atoms with Crippen LogP contribution in [0, 0.1) is 0 Å². The number of benzene rings is 1. The van der Waals surface area contributed by atoms with Gasteiger partial charge in [0.15, 0.2) is 0 Å². The minimum atomic E-state index is -0.289. The van der Waals surface area contributed by atoms with Gasteiger partial charge in [-0.05, 0) is 24.6 Å². The lowest BCUT2D eigenvalue weighted by molar-refractivity contribution is -0.128. The number of urea groups is 1. The Morgan fingerprint density at radius 1 is 1.24 bits per heavy atom. The van der Waals surface area contributed by atoms with Crippen molar-refractivity contribution in [2.24, 2.45) is 0 Å². The summed E-state index contributed by atoms with van der Waals surface area (Å²) in [5, 5.41) is 5.39. The van der Waals surface area contributed by atoms with Gasteiger partial charge in [0.25, 0.3) is 0 Å². The molecule has 6 heteroatoms. The molecule has 0 aliphatic rings. The zero-order valence-electron chi connectivity index (χ0n) is 12.8. The van der Waals surface area contributed by atoms with E-state index < -0.39 is 0 Å². The highest BCUT2D eigenvalue weighted by atomic mass is 16.5. The summed E-state index contributed by atoms with van der Waals surface area (Å²) in [6, 6.07) is 7.27. The number of carbonyl (C=O) groups is 2. The van der Waals surface area contributed by atoms with Gasteiger partial charge in [0, 0.05) is 33.6 Å².